The van der Waals surface area contributed by atoms with E-state index in [2.05, 4.69) is 67.4 Å². The molecule has 0 spiro atoms. The van der Waals surface area contributed by atoms with E-state index in [4.69, 9.17) is 0 Å². The number of amides is 6. The third kappa shape index (κ3) is 17.7. The van der Waals surface area contributed by atoms with Gasteiger partial charge in [-0.2, -0.15) is 0 Å². The molecule has 6 amide bonds. The fourth-order valence-electron chi connectivity index (χ4n) is 14.5. The molecule has 4 saturated heterocycles. The number of anilines is 2. The standard InChI is InChI=1S/C41H39BrN4O4.C41H40N4O4.BHNS/c42-39-32-23-29(24-36(47)34-13-7-21-45(34)37(48)25-27-9-3-1-4-10-27)15-20-33(32)44-40(39)30-16-18-31(19-17-30)43-41(50)35-14-8-22-46(35)38(49)26-28-11-5-2-6-12-28;46-38(36-13-7-21-44(36)39(47)25-28-9-3-1-4-10-28)24-30-15-20-34-32(23-30)27-35(43-34)31-16-18-33(19-17-31)42-41(49)37-14-8-22-45(37)40(48)26-29-11-5-2-6-12-29;1-2-3/h1-6,9-12,15-20,23,34-35,44H,7-8,13-14,21-22,24-26H2,(H,43,50);1-6,9-12,15-20,23,27,36-37,43H,7-8,13-14,21-22,24-26H2,(H,42,49);3H/t34-,35-;36-,37-;/m00./s1. The van der Waals surface area contributed by atoms with Crippen LogP contribution in [0.2, 0.25) is 0 Å². The molecule has 10 aromatic rings. The summed E-state index contributed by atoms with van der Waals surface area (Å²) < 4.78 is 3.58. The van der Waals surface area contributed by atoms with Crippen molar-refractivity contribution in [1.29, 1.82) is 0 Å². The normalized spacial score (nSPS) is 17.0. The molecule has 102 heavy (non-hydrogen) atoms. The van der Waals surface area contributed by atoms with E-state index >= 15 is 0 Å². The summed E-state index contributed by atoms with van der Waals surface area (Å²) in [5, 5.41) is 7.99. The van der Waals surface area contributed by atoms with Gasteiger partial charge in [-0.3, -0.25) is 38.4 Å². The number of halogens is 1. The summed E-state index contributed by atoms with van der Waals surface area (Å²) in [6, 6.07) is 66.2. The number of nitrogens with one attached hydrogen (secondary N) is 4. The molecule has 4 atom stereocenters. The first kappa shape index (κ1) is 71.5. The topological polar surface area (TPSA) is 218 Å². The predicted molar refractivity (Wildman–Crippen MR) is 407 cm³/mol. The van der Waals surface area contributed by atoms with Gasteiger partial charge in [0.2, 0.25) is 35.4 Å². The molecule has 1 radical (unpaired) electrons. The Morgan fingerprint density at radius 3 is 1.17 bits per heavy atom. The third-order valence-corrected chi connectivity index (χ3v) is 20.4. The van der Waals surface area contributed by atoms with Gasteiger partial charge in [-0.1, -0.05) is 158 Å². The Balaban J connectivity index is 0.000000186. The summed E-state index contributed by atoms with van der Waals surface area (Å²) in [4.78, 5) is 119. The summed E-state index contributed by atoms with van der Waals surface area (Å²) in [6.07, 6.45) is 7.70. The number of fused-ring (bicyclic) bond motifs is 2. The zero-order valence-electron chi connectivity index (χ0n) is 56.6. The molecular formula is C82H80BBrN9O8S. The van der Waals surface area contributed by atoms with E-state index in [0.29, 0.717) is 76.1 Å². The Hall–Kier alpha value is -10.3. The number of hydrogen-bond acceptors (Lipinski definition) is 10. The molecule has 0 bridgehead atoms. The zero-order chi connectivity index (χ0) is 71.1. The number of Topliss-reactive ketones (excluding diaryl/α,β-unsaturated/α-hetero) is 2. The van der Waals surface area contributed by atoms with E-state index in [-0.39, 0.29) is 78.7 Å². The molecule has 20 heteroatoms. The van der Waals surface area contributed by atoms with Crippen LogP contribution in [0.15, 0.2) is 221 Å². The van der Waals surface area contributed by atoms with Gasteiger partial charge in [0, 0.05) is 77.9 Å². The van der Waals surface area contributed by atoms with E-state index in [0.717, 1.165) is 108 Å². The third-order valence-electron chi connectivity index (χ3n) is 19.6. The van der Waals surface area contributed by atoms with Crippen LogP contribution in [0.1, 0.15) is 84.7 Å². The maximum absolute atomic E-state index is 13.5. The second-order valence-corrected chi connectivity index (χ2v) is 27.5. The van der Waals surface area contributed by atoms with Gasteiger partial charge in [-0.25, -0.2) is 0 Å². The van der Waals surface area contributed by atoms with Crippen molar-refractivity contribution < 1.29 is 38.4 Å². The molecule has 0 aliphatic carbocycles. The predicted octanol–water partition coefficient (Wildman–Crippen LogP) is 13.7. The van der Waals surface area contributed by atoms with Gasteiger partial charge in [-0.05, 0) is 166 Å². The Morgan fingerprint density at radius 2 is 0.765 bits per heavy atom. The molecule has 517 valence electrons. The Morgan fingerprint density at radius 1 is 0.412 bits per heavy atom. The van der Waals surface area contributed by atoms with Crippen LogP contribution in [-0.2, 0) is 76.9 Å². The molecule has 6 heterocycles. The van der Waals surface area contributed by atoms with E-state index < -0.39 is 18.1 Å². The number of likely N-dealkylation sites (tertiary alicyclic amines) is 4. The van der Waals surface area contributed by atoms with Crippen LogP contribution in [0.4, 0.5) is 11.4 Å². The van der Waals surface area contributed by atoms with Crippen molar-refractivity contribution in [3.63, 3.8) is 0 Å². The second-order valence-electron chi connectivity index (χ2n) is 26.5. The van der Waals surface area contributed by atoms with E-state index in [1.807, 2.05) is 206 Å². The molecule has 0 saturated carbocycles. The second kappa shape index (κ2) is 33.9. The molecule has 4 aliphatic heterocycles. The molecule has 17 nitrogen and oxygen atoms in total. The van der Waals surface area contributed by atoms with Gasteiger partial charge in [0.25, 0.3) is 0 Å². The van der Waals surface area contributed by atoms with Crippen molar-refractivity contribution in [2.45, 2.75) is 114 Å². The van der Waals surface area contributed by atoms with Gasteiger partial charge < -0.3 is 40.2 Å². The number of hydrogen-bond donors (Lipinski definition) is 5. The van der Waals surface area contributed by atoms with E-state index in [9.17, 15) is 38.4 Å². The maximum atomic E-state index is 13.5. The van der Waals surface area contributed by atoms with Crippen LogP contribution in [-0.4, -0.2) is 135 Å². The number of thiol groups is 1. The summed E-state index contributed by atoms with van der Waals surface area (Å²) >= 11 is 6.98. The van der Waals surface area contributed by atoms with Crippen LogP contribution in [0.25, 0.3) is 44.3 Å². The SMILES string of the molecule is O=C(Cc1ccc2[nH]c(-c3ccc(NC(=O)[C@@H]4CCCN4C(=O)Cc4ccccc4)cc3)c(Br)c2c1)[C@@H]1CCCN1C(=O)Cc1ccccc1.O=C(Cc1ccc2[nH]c(-c3ccc(NC(=O)[C@@H]4CCCN4C(=O)Cc4ccccc4)cc3)cc2c1)[C@@H]1CCCN1C(=O)Cc1ccccc1.[B]=NS. The molecule has 2 aromatic heterocycles. The molecular weight excluding hydrogens is 1360 g/mol. The summed E-state index contributed by atoms with van der Waals surface area (Å²) in [5.74, 6) is -0.252. The van der Waals surface area contributed by atoms with Gasteiger partial charge >= 0.3 is 24.8 Å². The van der Waals surface area contributed by atoms with Crippen LogP contribution in [0.5, 0.6) is 0 Å². The number of ketones is 2. The van der Waals surface area contributed by atoms with Crippen LogP contribution in [0, 0.1) is 0 Å². The van der Waals surface area contributed by atoms with Gasteiger partial charge in [0.15, 0.2) is 11.6 Å². The number of rotatable bonds is 20. The van der Waals surface area contributed by atoms with Crippen molar-refractivity contribution in [1.82, 2.24) is 29.6 Å². The minimum absolute atomic E-state index is 0.000513. The quantitative estimate of drug-likeness (QED) is 0.0364. The van der Waals surface area contributed by atoms with Gasteiger partial charge in [-0.15, -0.1) is 0 Å². The molecule has 8 aromatic carbocycles. The van der Waals surface area contributed by atoms with Crippen molar-refractivity contribution in [2.24, 2.45) is 4.30 Å². The van der Waals surface area contributed by atoms with Crippen molar-refractivity contribution in [3.05, 3.63) is 250 Å². The van der Waals surface area contributed by atoms with Crippen LogP contribution in [0.3, 0.4) is 0 Å². The van der Waals surface area contributed by atoms with E-state index in [1.54, 1.807) is 19.6 Å². The number of aromatic nitrogens is 2. The number of aromatic amines is 2. The molecule has 4 aliphatic rings. The fraction of sp³-hybridized carbons (Fsp3) is 0.268. The molecule has 4 N–H and O–H groups in total. The average molecular weight is 1440 g/mol. The van der Waals surface area contributed by atoms with Gasteiger partial charge in [0.05, 0.1) is 47.9 Å². The number of benzene rings is 8. The number of carbonyl (C=O) groups excluding carboxylic acids is 8. The Bertz CT molecular complexity index is 4660. The number of nitrogens with zero attached hydrogens (tertiary/aromatic N) is 5. The van der Waals surface area contributed by atoms with Crippen molar-refractivity contribution >= 4 is 117 Å². The minimum atomic E-state index is -0.485. The number of carbonyl (C=O) groups is 8. The molecule has 14 rings (SSSR count). The fourth-order valence-corrected chi connectivity index (χ4v) is 15.1. The first-order chi connectivity index (χ1) is 49.7. The Kier molecular flexibility index (Phi) is 23.8. The first-order valence-corrected chi connectivity index (χ1v) is 36.0. The summed E-state index contributed by atoms with van der Waals surface area (Å²) in [7, 11) is 4.34. The zero-order valence-corrected chi connectivity index (χ0v) is 59.1. The first-order valence-electron chi connectivity index (χ1n) is 34.8. The van der Waals surface area contributed by atoms with Crippen molar-refractivity contribution in [2.75, 3.05) is 36.8 Å². The number of H-pyrrole nitrogens is 2. The van der Waals surface area contributed by atoms with Gasteiger partial charge in [0.1, 0.15) is 12.1 Å². The monoisotopic (exact) mass is 1440 g/mol. The van der Waals surface area contributed by atoms with Crippen molar-refractivity contribution in [3.8, 4) is 22.5 Å². The summed E-state index contributed by atoms with van der Waals surface area (Å²) in [6.45, 7) is 2.41. The van der Waals surface area contributed by atoms with E-state index in [1.165, 1.54) is 0 Å². The average Bonchev–Trinajstić information content (AvgIpc) is 1.64. The van der Waals surface area contributed by atoms with Crippen LogP contribution >= 0.6 is 28.7 Å². The molecule has 0 unspecified atom stereocenters. The van der Waals surface area contributed by atoms with Crippen LogP contribution < -0.4 is 10.6 Å². The molecule has 4 fully saturated rings. The Labute approximate surface area is 608 Å². The summed E-state index contributed by atoms with van der Waals surface area (Å²) in [5.41, 5.74) is 12.6.